The molecular weight excluding hydrogens is 436 g/mol. The average molecular weight is 463 g/mol. The van der Waals surface area contributed by atoms with Crippen molar-refractivity contribution in [1.82, 2.24) is 24.7 Å². The second-order valence-electron chi connectivity index (χ2n) is 7.97. The molecule has 5 rings (SSSR count). The zero-order valence-corrected chi connectivity index (χ0v) is 19.5. The van der Waals surface area contributed by atoms with Crippen LogP contribution in [0, 0.1) is 0 Å². The maximum absolute atomic E-state index is 12.6. The van der Waals surface area contributed by atoms with Gasteiger partial charge in [-0.15, -0.1) is 10.2 Å². The Morgan fingerprint density at radius 3 is 2.76 bits per heavy atom. The predicted octanol–water partition coefficient (Wildman–Crippen LogP) is 3.76. The van der Waals surface area contributed by atoms with Gasteiger partial charge in [-0.3, -0.25) is 9.36 Å². The van der Waals surface area contributed by atoms with Crippen LogP contribution in [0.5, 0.6) is 0 Å². The van der Waals surface area contributed by atoms with Crippen molar-refractivity contribution < 1.29 is 4.74 Å². The van der Waals surface area contributed by atoms with Crippen molar-refractivity contribution in [2.45, 2.75) is 30.7 Å². The minimum absolute atomic E-state index is 0.128. The first-order valence-electron chi connectivity index (χ1n) is 11.2. The van der Waals surface area contributed by atoms with Gasteiger partial charge in [0.1, 0.15) is 5.82 Å². The van der Waals surface area contributed by atoms with Crippen molar-refractivity contribution in [2.75, 3.05) is 31.2 Å². The first-order chi connectivity index (χ1) is 16.1. The van der Waals surface area contributed by atoms with E-state index in [4.69, 9.17) is 9.72 Å². The third-order valence-electron chi connectivity index (χ3n) is 5.79. The van der Waals surface area contributed by atoms with Crippen LogP contribution in [0.3, 0.4) is 0 Å². The molecule has 4 aromatic rings. The fourth-order valence-electron chi connectivity index (χ4n) is 3.96. The molecule has 0 amide bonds. The highest BCUT2D eigenvalue weighted by molar-refractivity contribution is 7.99. The minimum Gasteiger partial charge on any atom is -0.378 e. The number of nitrogens with zero attached hydrogens (tertiary/aromatic N) is 5. The van der Waals surface area contributed by atoms with Crippen LogP contribution in [0.25, 0.3) is 16.6 Å². The number of aryl methyl sites for hydroxylation is 1. The van der Waals surface area contributed by atoms with Crippen LogP contribution in [0.2, 0.25) is 0 Å². The van der Waals surface area contributed by atoms with E-state index in [1.165, 1.54) is 17.3 Å². The molecule has 3 heterocycles. The Kier molecular flexibility index (Phi) is 6.15. The molecule has 0 radical (unpaired) electrons. The quantitative estimate of drug-likeness (QED) is 0.437. The molecule has 8 nitrogen and oxygen atoms in total. The molecule has 1 N–H and O–H groups in total. The molecule has 0 bridgehead atoms. The molecule has 1 aliphatic heterocycles. The summed E-state index contributed by atoms with van der Waals surface area (Å²) < 4.78 is 7.63. The van der Waals surface area contributed by atoms with Crippen LogP contribution in [-0.4, -0.2) is 51.0 Å². The van der Waals surface area contributed by atoms with Gasteiger partial charge in [0.25, 0.3) is 5.56 Å². The van der Waals surface area contributed by atoms with Crippen LogP contribution in [0.4, 0.5) is 5.95 Å². The van der Waals surface area contributed by atoms with Crippen LogP contribution in [0.1, 0.15) is 30.5 Å². The smallest absolute Gasteiger partial charge is 0.258 e. The highest BCUT2D eigenvalue weighted by atomic mass is 32.2. The zero-order chi connectivity index (χ0) is 22.8. The highest BCUT2D eigenvalue weighted by Crippen LogP contribution is 2.35. The number of fused-ring (bicyclic) bond motifs is 1. The summed E-state index contributed by atoms with van der Waals surface area (Å²) in [6, 6.07) is 15.8. The number of ether oxygens (including phenoxy) is 1. The van der Waals surface area contributed by atoms with Crippen LogP contribution >= 0.6 is 11.8 Å². The maximum atomic E-state index is 12.6. The Bertz CT molecular complexity index is 1330. The number of hydrogen-bond acceptors (Lipinski definition) is 7. The average Bonchev–Trinajstić information content (AvgIpc) is 3.28. The van der Waals surface area contributed by atoms with Crippen molar-refractivity contribution in [1.29, 1.82) is 0 Å². The monoisotopic (exact) mass is 462 g/mol. The molecule has 33 heavy (non-hydrogen) atoms. The van der Waals surface area contributed by atoms with E-state index in [0.717, 1.165) is 36.3 Å². The first kappa shape index (κ1) is 21.7. The molecule has 9 heteroatoms. The third kappa shape index (κ3) is 4.38. The number of hydrogen-bond donors (Lipinski definition) is 1. The third-order valence-corrected chi connectivity index (χ3v) is 6.84. The summed E-state index contributed by atoms with van der Waals surface area (Å²) in [6.07, 6.45) is 0.948. The molecule has 1 aliphatic rings. The van der Waals surface area contributed by atoms with Crippen LogP contribution < -0.4 is 10.5 Å². The van der Waals surface area contributed by atoms with Gasteiger partial charge >= 0.3 is 0 Å². The van der Waals surface area contributed by atoms with Crippen molar-refractivity contribution >= 4 is 28.6 Å². The molecule has 1 saturated heterocycles. The summed E-state index contributed by atoms with van der Waals surface area (Å²) in [7, 11) is 0. The van der Waals surface area contributed by atoms with Crippen molar-refractivity contribution in [2.24, 2.45) is 0 Å². The number of thioether (sulfide) groups is 1. The Balaban J connectivity index is 1.53. The van der Waals surface area contributed by atoms with Crippen molar-refractivity contribution in [3.05, 3.63) is 70.3 Å². The topological polar surface area (TPSA) is 88.9 Å². The number of morpholine rings is 1. The van der Waals surface area contributed by atoms with Crippen molar-refractivity contribution in [3.63, 3.8) is 0 Å². The number of para-hydroxylation sites is 1. The highest BCUT2D eigenvalue weighted by Gasteiger charge is 2.24. The van der Waals surface area contributed by atoms with Gasteiger partial charge in [-0.25, -0.2) is 4.98 Å². The Morgan fingerprint density at radius 1 is 1.12 bits per heavy atom. The second-order valence-corrected chi connectivity index (χ2v) is 9.28. The summed E-state index contributed by atoms with van der Waals surface area (Å²) in [5.41, 5.74) is 2.83. The largest absolute Gasteiger partial charge is 0.378 e. The normalized spacial score (nSPS) is 15.2. The van der Waals surface area contributed by atoms with Crippen LogP contribution in [0.15, 0.2) is 58.5 Å². The van der Waals surface area contributed by atoms with Gasteiger partial charge in [0, 0.05) is 13.1 Å². The predicted molar refractivity (Wildman–Crippen MR) is 130 cm³/mol. The zero-order valence-electron chi connectivity index (χ0n) is 18.7. The van der Waals surface area contributed by atoms with E-state index in [-0.39, 0.29) is 10.8 Å². The lowest BCUT2D eigenvalue weighted by Crippen LogP contribution is -2.37. The second kappa shape index (κ2) is 9.36. The number of nitrogens with one attached hydrogen (secondary N) is 1. The molecule has 0 aliphatic carbocycles. The number of H-pyrrole nitrogens is 1. The van der Waals surface area contributed by atoms with Gasteiger partial charge in [-0.2, -0.15) is 0 Å². The first-order valence-corrected chi connectivity index (χ1v) is 12.0. The number of aromatic nitrogens is 5. The molecule has 1 fully saturated rings. The Labute approximate surface area is 196 Å². The number of rotatable bonds is 6. The SMILES string of the molecule is CCc1cccc(-n2c(S[C@H](C)c3nc4ccccc4c(=O)[nH]3)nnc2N2CCOCC2)c1. The molecule has 0 spiro atoms. The molecule has 0 unspecified atom stereocenters. The molecule has 170 valence electrons. The van der Waals surface area contributed by atoms with E-state index in [1.54, 1.807) is 6.07 Å². The van der Waals surface area contributed by atoms with Gasteiger partial charge in [0.15, 0.2) is 5.16 Å². The van der Waals surface area contributed by atoms with E-state index >= 15 is 0 Å². The standard InChI is InChI=1S/C24H26N6O2S/c1-3-17-7-6-8-18(15-17)30-23(29-11-13-32-14-12-29)27-28-24(30)33-16(2)21-25-20-10-5-4-9-19(20)22(31)26-21/h4-10,15-16H,3,11-14H2,1-2H3,(H,25,26,31)/t16-/m1/s1. The summed E-state index contributed by atoms with van der Waals surface area (Å²) in [6.45, 7) is 7.05. The summed E-state index contributed by atoms with van der Waals surface area (Å²) >= 11 is 1.53. The molecule has 1 atom stereocenters. The van der Waals surface area contributed by atoms with E-state index in [1.807, 2.05) is 25.1 Å². The lowest BCUT2D eigenvalue weighted by atomic mass is 10.1. The van der Waals surface area contributed by atoms with Crippen LogP contribution in [-0.2, 0) is 11.2 Å². The summed E-state index contributed by atoms with van der Waals surface area (Å²) in [5, 5.41) is 10.3. The number of benzene rings is 2. The van der Waals surface area contributed by atoms with E-state index in [2.05, 4.69) is 55.8 Å². The van der Waals surface area contributed by atoms with Crippen molar-refractivity contribution in [3.8, 4) is 5.69 Å². The minimum atomic E-state index is -0.130. The van der Waals surface area contributed by atoms with Gasteiger partial charge in [-0.05, 0) is 43.2 Å². The molecule has 2 aromatic carbocycles. The van der Waals surface area contributed by atoms with E-state index in [9.17, 15) is 4.79 Å². The summed E-state index contributed by atoms with van der Waals surface area (Å²) in [5.74, 6) is 1.43. The number of aromatic amines is 1. The van der Waals surface area contributed by atoms with Gasteiger partial charge < -0.3 is 14.6 Å². The van der Waals surface area contributed by atoms with Gasteiger partial charge in [0.05, 0.1) is 35.1 Å². The fourth-order valence-corrected chi connectivity index (χ4v) is 4.88. The lowest BCUT2D eigenvalue weighted by Gasteiger charge is -2.28. The number of anilines is 1. The van der Waals surface area contributed by atoms with Gasteiger partial charge in [0.2, 0.25) is 5.95 Å². The van der Waals surface area contributed by atoms with E-state index in [0.29, 0.717) is 29.9 Å². The van der Waals surface area contributed by atoms with E-state index < -0.39 is 0 Å². The molecule has 2 aromatic heterocycles. The Morgan fingerprint density at radius 2 is 1.94 bits per heavy atom. The fraction of sp³-hybridized carbons (Fsp3) is 0.333. The van der Waals surface area contributed by atoms with Gasteiger partial charge in [-0.1, -0.05) is 43.0 Å². The lowest BCUT2D eigenvalue weighted by molar-refractivity contribution is 0.122. The summed E-state index contributed by atoms with van der Waals surface area (Å²) in [4.78, 5) is 22.4. The molecular formula is C24H26N6O2S. The molecule has 0 saturated carbocycles. The Hall–Kier alpha value is -3.17. The maximum Gasteiger partial charge on any atom is 0.258 e.